The summed E-state index contributed by atoms with van der Waals surface area (Å²) in [6.07, 6.45) is 2.24. The quantitative estimate of drug-likeness (QED) is 0.913. The summed E-state index contributed by atoms with van der Waals surface area (Å²) in [6.45, 7) is 6.00. The Labute approximate surface area is 116 Å². The first-order valence-corrected chi connectivity index (χ1v) is 6.47. The van der Waals surface area contributed by atoms with Crippen molar-refractivity contribution < 1.29 is 4.74 Å². The van der Waals surface area contributed by atoms with E-state index in [1.807, 2.05) is 6.92 Å². The molecule has 4 heteroatoms. The van der Waals surface area contributed by atoms with Gasteiger partial charge in [0.15, 0.2) is 0 Å². The van der Waals surface area contributed by atoms with Gasteiger partial charge in [-0.3, -0.25) is 4.90 Å². The van der Waals surface area contributed by atoms with Crippen LogP contribution < -0.4 is 10.5 Å². The van der Waals surface area contributed by atoms with E-state index in [4.69, 9.17) is 10.5 Å². The maximum Gasteiger partial charge on any atom is 0.119 e. The first kappa shape index (κ1) is 15.3. The Morgan fingerprint density at radius 2 is 1.83 bits per heavy atom. The largest absolute Gasteiger partial charge is 0.494 e. The van der Waals surface area contributed by atoms with E-state index in [0.717, 1.165) is 44.8 Å². The maximum atomic E-state index is 5.90. The van der Waals surface area contributed by atoms with Gasteiger partial charge >= 0.3 is 0 Å². The molecule has 0 amide bonds. The van der Waals surface area contributed by atoms with Crippen molar-refractivity contribution >= 4 is 12.4 Å². The van der Waals surface area contributed by atoms with Gasteiger partial charge in [-0.25, -0.2) is 0 Å². The number of benzene rings is 1. The van der Waals surface area contributed by atoms with Crippen LogP contribution in [0.1, 0.15) is 25.3 Å². The molecule has 1 fully saturated rings. The Morgan fingerprint density at radius 3 is 2.39 bits per heavy atom. The molecule has 1 aromatic rings. The van der Waals surface area contributed by atoms with E-state index < -0.39 is 0 Å². The molecule has 3 nitrogen and oxygen atoms in total. The topological polar surface area (TPSA) is 38.5 Å². The SMILES string of the molecule is CCOc1ccc(CN2CCC(N)CC2)cc1.Cl. The number of hydrogen-bond donors (Lipinski definition) is 1. The van der Waals surface area contributed by atoms with Gasteiger partial charge in [0.1, 0.15) is 5.75 Å². The highest BCUT2D eigenvalue weighted by molar-refractivity contribution is 5.85. The number of nitrogens with zero attached hydrogens (tertiary/aromatic N) is 1. The van der Waals surface area contributed by atoms with Crippen LogP contribution in [0.2, 0.25) is 0 Å². The molecular formula is C14H23ClN2O. The Balaban J connectivity index is 0.00000162. The van der Waals surface area contributed by atoms with Crippen molar-refractivity contribution in [3.05, 3.63) is 29.8 Å². The third-order valence-electron chi connectivity index (χ3n) is 3.27. The number of halogens is 1. The molecule has 1 aliphatic rings. The van der Waals surface area contributed by atoms with E-state index in [1.165, 1.54) is 5.56 Å². The molecule has 0 atom stereocenters. The lowest BCUT2D eigenvalue weighted by Crippen LogP contribution is -2.39. The van der Waals surface area contributed by atoms with Crippen molar-refractivity contribution in [1.82, 2.24) is 4.90 Å². The van der Waals surface area contributed by atoms with Crippen molar-refractivity contribution in [3.63, 3.8) is 0 Å². The standard InChI is InChI=1S/C14H22N2O.ClH/c1-2-17-14-5-3-12(4-6-14)11-16-9-7-13(15)8-10-16;/h3-6,13H,2,7-11,15H2,1H3;1H. The molecule has 1 heterocycles. The molecule has 1 aromatic carbocycles. The molecule has 18 heavy (non-hydrogen) atoms. The van der Waals surface area contributed by atoms with Gasteiger partial charge in [-0.15, -0.1) is 12.4 Å². The molecule has 0 spiro atoms. The average molecular weight is 271 g/mol. The van der Waals surface area contributed by atoms with E-state index in [-0.39, 0.29) is 12.4 Å². The minimum atomic E-state index is 0. The molecule has 1 saturated heterocycles. The van der Waals surface area contributed by atoms with E-state index in [0.29, 0.717) is 6.04 Å². The second-order valence-corrected chi connectivity index (χ2v) is 4.69. The van der Waals surface area contributed by atoms with Crippen LogP contribution in [0.5, 0.6) is 5.75 Å². The van der Waals surface area contributed by atoms with Gasteiger partial charge in [0.05, 0.1) is 6.61 Å². The average Bonchev–Trinajstić information content (AvgIpc) is 2.35. The fourth-order valence-electron chi connectivity index (χ4n) is 2.23. The molecule has 102 valence electrons. The summed E-state index contributed by atoms with van der Waals surface area (Å²) in [5, 5.41) is 0. The van der Waals surface area contributed by atoms with Crippen molar-refractivity contribution in [2.75, 3.05) is 19.7 Å². The molecule has 0 aliphatic carbocycles. The second-order valence-electron chi connectivity index (χ2n) is 4.69. The molecule has 2 rings (SSSR count). The van der Waals surface area contributed by atoms with Gasteiger partial charge in [0.25, 0.3) is 0 Å². The fourth-order valence-corrected chi connectivity index (χ4v) is 2.23. The number of piperidine rings is 1. The van der Waals surface area contributed by atoms with Crippen molar-refractivity contribution in [2.45, 2.75) is 32.4 Å². The highest BCUT2D eigenvalue weighted by Gasteiger charge is 2.15. The van der Waals surface area contributed by atoms with Crippen LogP contribution in [0, 0.1) is 0 Å². The Morgan fingerprint density at radius 1 is 1.22 bits per heavy atom. The summed E-state index contributed by atoms with van der Waals surface area (Å²) in [6, 6.07) is 8.81. The predicted octanol–water partition coefficient (Wildman–Crippen LogP) is 2.43. The number of likely N-dealkylation sites (tertiary alicyclic amines) is 1. The van der Waals surface area contributed by atoms with Gasteiger partial charge in [-0.1, -0.05) is 12.1 Å². The van der Waals surface area contributed by atoms with E-state index in [1.54, 1.807) is 0 Å². The Hall–Kier alpha value is -0.770. The molecular weight excluding hydrogens is 248 g/mol. The summed E-state index contributed by atoms with van der Waals surface area (Å²) in [7, 11) is 0. The zero-order valence-electron chi connectivity index (χ0n) is 11.0. The molecule has 1 aliphatic heterocycles. The Bertz CT molecular complexity index is 334. The normalized spacial score (nSPS) is 17.2. The maximum absolute atomic E-state index is 5.90. The lowest BCUT2D eigenvalue weighted by Gasteiger charge is -2.30. The van der Waals surface area contributed by atoms with Crippen molar-refractivity contribution in [1.29, 1.82) is 0 Å². The third kappa shape index (κ3) is 4.48. The van der Waals surface area contributed by atoms with Gasteiger partial charge in [0, 0.05) is 12.6 Å². The Kier molecular flexibility index (Phi) is 6.47. The summed E-state index contributed by atoms with van der Waals surface area (Å²) in [5.74, 6) is 0.955. The van der Waals surface area contributed by atoms with Gasteiger partial charge < -0.3 is 10.5 Å². The number of rotatable bonds is 4. The molecule has 0 bridgehead atoms. The number of nitrogens with two attached hydrogens (primary N) is 1. The van der Waals surface area contributed by atoms with Crippen molar-refractivity contribution in [2.24, 2.45) is 5.73 Å². The molecule has 2 N–H and O–H groups in total. The summed E-state index contributed by atoms with van der Waals surface area (Å²) >= 11 is 0. The van der Waals surface area contributed by atoms with Crippen LogP contribution in [0.3, 0.4) is 0 Å². The highest BCUT2D eigenvalue weighted by Crippen LogP contribution is 2.16. The first-order valence-electron chi connectivity index (χ1n) is 6.47. The summed E-state index contributed by atoms with van der Waals surface area (Å²) < 4.78 is 5.43. The minimum Gasteiger partial charge on any atom is -0.494 e. The minimum absolute atomic E-state index is 0. The van der Waals surface area contributed by atoms with Gasteiger partial charge in [-0.2, -0.15) is 0 Å². The zero-order valence-corrected chi connectivity index (χ0v) is 11.8. The van der Waals surface area contributed by atoms with Crippen LogP contribution in [0.25, 0.3) is 0 Å². The lowest BCUT2D eigenvalue weighted by atomic mass is 10.1. The third-order valence-corrected chi connectivity index (χ3v) is 3.27. The first-order chi connectivity index (χ1) is 8.28. The number of ether oxygens (including phenoxy) is 1. The van der Waals surface area contributed by atoms with Crippen LogP contribution in [0.15, 0.2) is 24.3 Å². The molecule has 0 radical (unpaired) electrons. The molecule has 0 unspecified atom stereocenters. The van der Waals surface area contributed by atoms with E-state index in [9.17, 15) is 0 Å². The second kappa shape index (κ2) is 7.62. The number of hydrogen-bond acceptors (Lipinski definition) is 3. The van der Waals surface area contributed by atoms with E-state index in [2.05, 4.69) is 29.2 Å². The lowest BCUT2D eigenvalue weighted by molar-refractivity contribution is 0.205. The summed E-state index contributed by atoms with van der Waals surface area (Å²) in [4.78, 5) is 2.47. The van der Waals surface area contributed by atoms with E-state index >= 15 is 0 Å². The van der Waals surface area contributed by atoms with Gasteiger partial charge in [-0.05, 0) is 50.6 Å². The van der Waals surface area contributed by atoms with Gasteiger partial charge in [0.2, 0.25) is 0 Å². The highest BCUT2D eigenvalue weighted by atomic mass is 35.5. The van der Waals surface area contributed by atoms with Crippen LogP contribution >= 0.6 is 12.4 Å². The fraction of sp³-hybridized carbons (Fsp3) is 0.571. The van der Waals surface area contributed by atoms with Crippen LogP contribution in [-0.4, -0.2) is 30.6 Å². The summed E-state index contributed by atoms with van der Waals surface area (Å²) in [5.41, 5.74) is 7.25. The molecule has 0 aromatic heterocycles. The zero-order chi connectivity index (χ0) is 12.1. The van der Waals surface area contributed by atoms with Crippen molar-refractivity contribution in [3.8, 4) is 5.75 Å². The predicted molar refractivity (Wildman–Crippen MR) is 77.3 cm³/mol. The monoisotopic (exact) mass is 270 g/mol. The molecule has 0 saturated carbocycles. The van der Waals surface area contributed by atoms with Crippen LogP contribution in [-0.2, 0) is 6.54 Å². The smallest absolute Gasteiger partial charge is 0.119 e. The van der Waals surface area contributed by atoms with Crippen LogP contribution in [0.4, 0.5) is 0 Å².